The maximum absolute atomic E-state index is 12.9. The maximum atomic E-state index is 12.9. The standard InChI is InChI=1S/C24H29N3O6/c1-4-5-14-33-23(29)17-6-8-18(9-7-17)25-22(28)16-26-12-13-27(24(26)30)20-15-19(31-2)10-11-21(20)32-3/h6-11,15H,4-5,12-14,16H2,1-3H3,(H,25,28). The van der Waals surface area contributed by atoms with E-state index in [1.807, 2.05) is 6.92 Å². The topological polar surface area (TPSA) is 97.4 Å². The number of nitrogens with one attached hydrogen (secondary N) is 1. The molecule has 1 heterocycles. The van der Waals surface area contributed by atoms with Gasteiger partial charge in [0, 0.05) is 24.8 Å². The second-order valence-electron chi connectivity index (χ2n) is 7.51. The van der Waals surface area contributed by atoms with E-state index in [-0.39, 0.29) is 18.5 Å². The molecule has 1 aliphatic heterocycles. The van der Waals surface area contributed by atoms with E-state index in [4.69, 9.17) is 14.2 Å². The number of carbonyl (C=O) groups is 3. The number of carbonyl (C=O) groups excluding carboxylic acids is 3. The molecule has 1 saturated heterocycles. The van der Waals surface area contributed by atoms with Crippen molar-refractivity contribution in [3.05, 3.63) is 48.0 Å². The van der Waals surface area contributed by atoms with Crippen molar-refractivity contribution in [3.8, 4) is 11.5 Å². The monoisotopic (exact) mass is 455 g/mol. The lowest BCUT2D eigenvalue weighted by Crippen LogP contribution is -2.37. The maximum Gasteiger partial charge on any atom is 0.338 e. The van der Waals surface area contributed by atoms with E-state index in [9.17, 15) is 14.4 Å². The number of hydrogen-bond donors (Lipinski definition) is 1. The Morgan fingerprint density at radius 2 is 1.79 bits per heavy atom. The average molecular weight is 456 g/mol. The molecule has 2 aromatic carbocycles. The van der Waals surface area contributed by atoms with Gasteiger partial charge in [0.25, 0.3) is 0 Å². The minimum Gasteiger partial charge on any atom is -0.497 e. The number of unbranched alkanes of at least 4 members (excludes halogenated alkanes) is 1. The van der Waals surface area contributed by atoms with Crippen molar-refractivity contribution in [2.45, 2.75) is 19.8 Å². The number of methoxy groups -OCH3 is 2. The number of ether oxygens (including phenoxy) is 3. The molecule has 0 saturated carbocycles. The summed E-state index contributed by atoms with van der Waals surface area (Å²) in [6.45, 7) is 3.13. The normalized spacial score (nSPS) is 13.1. The molecule has 3 rings (SSSR count). The van der Waals surface area contributed by atoms with Crippen LogP contribution in [0, 0.1) is 0 Å². The van der Waals surface area contributed by atoms with E-state index in [2.05, 4.69) is 5.32 Å². The zero-order valence-electron chi connectivity index (χ0n) is 19.1. The predicted octanol–water partition coefficient (Wildman–Crippen LogP) is 3.54. The van der Waals surface area contributed by atoms with E-state index < -0.39 is 5.97 Å². The van der Waals surface area contributed by atoms with Crippen LogP contribution in [-0.2, 0) is 9.53 Å². The van der Waals surface area contributed by atoms with E-state index >= 15 is 0 Å². The molecule has 9 heteroatoms. The summed E-state index contributed by atoms with van der Waals surface area (Å²) in [6, 6.07) is 11.4. The van der Waals surface area contributed by atoms with Crippen molar-refractivity contribution >= 4 is 29.3 Å². The molecule has 9 nitrogen and oxygen atoms in total. The molecule has 1 fully saturated rings. The van der Waals surface area contributed by atoms with E-state index in [1.165, 1.54) is 12.0 Å². The van der Waals surface area contributed by atoms with Gasteiger partial charge in [0.2, 0.25) is 5.91 Å². The van der Waals surface area contributed by atoms with Crippen LogP contribution in [0.5, 0.6) is 11.5 Å². The van der Waals surface area contributed by atoms with Crippen LogP contribution in [0.1, 0.15) is 30.1 Å². The first-order valence-corrected chi connectivity index (χ1v) is 10.8. The number of hydrogen-bond acceptors (Lipinski definition) is 6. The molecule has 0 spiro atoms. The zero-order valence-corrected chi connectivity index (χ0v) is 19.1. The Morgan fingerprint density at radius 3 is 2.45 bits per heavy atom. The van der Waals surface area contributed by atoms with Crippen molar-refractivity contribution in [1.29, 1.82) is 0 Å². The SMILES string of the molecule is CCCCOC(=O)c1ccc(NC(=O)CN2CCN(c3cc(OC)ccc3OC)C2=O)cc1. The first-order chi connectivity index (χ1) is 16.0. The average Bonchev–Trinajstić information content (AvgIpc) is 3.18. The van der Waals surface area contributed by atoms with Crippen molar-refractivity contribution in [2.75, 3.05) is 50.7 Å². The van der Waals surface area contributed by atoms with E-state index in [0.29, 0.717) is 48.1 Å². The number of anilines is 2. The fraction of sp³-hybridized carbons (Fsp3) is 0.375. The summed E-state index contributed by atoms with van der Waals surface area (Å²) in [5.41, 5.74) is 1.54. The van der Waals surface area contributed by atoms with Crippen molar-refractivity contribution in [2.24, 2.45) is 0 Å². The fourth-order valence-electron chi connectivity index (χ4n) is 3.42. The quantitative estimate of drug-likeness (QED) is 0.435. The van der Waals surface area contributed by atoms with Gasteiger partial charge in [-0.1, -0.05) is 13.3 Å². The smallest absolute Gasteiger partial charge is 0.338 e. The second kappa shape index (κ2) is 11.2. The summed E-state index contributed by atoms with van der Waals surface area (Å²) in [7, 11) is 3.09. The van der Waals surface area contributed by atoms with Crippen LogP contribution in [0.4, 0.5) is 16.2 Å². The van der Waals surface area contributed by atoms with Crippen LogP contribution in [0.25, 0.3) is 0 Å². The zero-order chi connectivity index (χ0) is 23.8. The molecular formula is C24H29N3O6. The molecule has 33 heavy (non-hydrogen) atoms. The molecule has 0 aromatic heterocycles. The largest absolute Gasteiger partial charge is 0.497 e. The number of urea groups is 1. The molecule has 1 aliphatic rings. The van der Waals surface area contributed by atoms with Crippen LogP contribution in [0.3, 0.4) is 0 Å². The van der Waals surface area contributed by atoms with Gasteiger partial charge >= 0.3 is 12.0 Å². The molecule has 1 N–H and O–H groups in total. The van der Waals surface area contributed by atoms with Gasteiger partial charge in [-0.05, 0) is 42.8 Å². The minimum atomic E-state index is -0.392. The lowest BCUT2D eigenvalue weighted by molar-refractivity contribution is -0.116. The van der Waals surface area contributed by atoms with Gasteiger partial charge in [-0.15, -0.1) is 0 Å². The Bertz CT molecular complexity index is 992. The van der Waals surface area contributed by atoms with E-state index in [0.717, 1.165) is 12.8 Å². The summed E-state index contributed by atoms with van der Waals surface area (Å²) < 4.78 is 15.8. The molecule has 0 radical (unpaired) electrons. The van der Waals surface area contributed by atoms with Crippen molar-refractivity contribution in [1.82, 2.24) is 4.90 Å². The van der Waals surface area contributed by atoms with E-state index in [1.54, 1.807) is 54.5 Å². The number of rotatable bonds is 10. The summed E-state index contributed by atoms with van der Waals surface area (Å²) in [5.74, 6) is 0.425. The minimum absolute atomic E-state index is 0.0948. The number of benzene rings is 2. The molecular weight excluding hydrogens is 426 g/mol. The Balaban J connectivity index is 1.57. The highest BCUT2D eigenvalue weighted by atomic mass is 16.5. The highest BCUT2D eigenvalue weighted by molar-refractivity contribution is 6.00. The molecule has 0 bridgehead atoms. The molecule has 0 unspecified atom stereocenters. The lowest BCUT2D eigenvalue weighted by atomic mass is 10.2. The summed E-state index contributed by atoms with van der Waals surface area (Å²) >= 11 is 0. The molecule has 2 aromatic rings. The number of nitrogens with zero attached hydrogens (tertiary/aromatic N) is 2. The molecule has 3 amide bonds. The van der Waals surface area contributed by atoms with Crippen LogP contribution in [0.2, 0.25) is 0 Å². The van der Waals surface area contributed by atoms with Crippen LogP contribution in [-0.4, -0.2) is 63.3 Å². The predicted molar refractivity (Wildman–Crippen MR) is 124 cm³/mol. The van der Waals surface area contributed by atoms with Gasteiger partial charge in [0.05, 0.1) is 32.1 Å². The Kier molecular flexibility index (Phi) is 8.12. The Labute approximate surface area is 193 Å². The van der Waals surface area contributed by atoms with Gasteiger partial charge in [-0.3, -0.25) is 9.69 Å². The van der Waals surface area contributed by atoms with Gasteiger partial charge in [-0.2, -0.15) is 0 Å². The van der Waals surface area contributed by atoms with Crippen LogP contribution < -0.4 is 19.7 Å². The van der Waals surface area contributed by atoms with Gasteiger partial charge in [-0.25, -0.2) is 9.59 Å². The summed E-state index contributed by atoms with van der Waals surface area (Å²) in [5, 5.41) is 2.76. The first-order valence-electron chi connectivity index (χ1n) is 10.8. The van der Waals surface area contributed by atoms with Gasteiger partial charge in [0.1, 0.15) is 18.0 Å². The van der Waals surface area contributed by atoms with Crippen molar-refractivity contribution < 1.29 is 28.6 Å². The van der Waals surface area contributed by atoms with Gasteiger partial charge in [0.15, 0.2) is 0 Å². The number of amides is 3. The summed E-state index contributed by atoms with van der Waals surface area (Å²) in [6.07, 6.45) is 1.76. The second-order valence-corrected chi connectivity index (χ2v) is 7.51. The van der Waals surface area contributed by atoms with Crippen LogP contribution >= 0.6 is 0 Å². The Hall–Kier alpha value is -3.75. The van der Waals surface area contributed by atoms with Crippen molar-refractivity contribution in [3.63, 3.8) is 0 Å². The third-order valence-corrected chi connectivity index (χ3v) is 5.24. The lowest BCUT2D eigenvalue weighted by Gasteiger charge is -2.21. The highest BCUT2D eigenvalue weighted by Gasteiger charge is 2.32. The van der Waals surface area contributed by atoms with Crippen LogP contribution in [0.15, 0.2) is 42.5 Å². The van der Waals surface area contributed by atoms with Gasteiger partial charge < -0.3 is 24.4 Å². The molecule has 0 aliphatic carbocycles. The molecule has 0 atom stereocenters. The highest BCUT2D eigenvalue weighted by Crippen LogP contribution is 2.34. The fourth-order valence-corrected chi connectivity index (χ4v) is 3.42. The third-order valence-electron chi connectivity index (χ3n) is 5.24. The summed E-state index contributed by atoms with van der Waals surface area (Å²) in [4.78, 5) is 40.4. The third kappa shape index (κ3) is 5.94. The molecule has 176 valence electrons. The Morgan fingerprint density at radius 1 is 1.03 bits per heavy atom. The first kappa shape index (κ1) is 23.9. The number of esters is 1.